The summed E-state index contributed by atoms with van der Waals surface area (Å²) < 4.78 is 28.6. The molecule has 0 aromatic heterocycles. The predicted molar refractivity (Wildman–Crippen MR) is 120 cm³/mol. The van der Waals surface area contributed by atoms with Gasteiger partial charge in [0.2, 0.25) is 10.0 Å². The molecule has 0 radical (unpaired) electrons. The SMILES string of the molecule is NS(=O)(=O)c1ccc(CCNCc2cc(Cl)ccc2OCc2ccc(Cl)cc2)cc1. The zero-order valence-corrected chi connectivity index (χ0v) is 18.5. The molecule has 158 valence electrons. The summed E-state index contributed by atoms with van der Waals surface area (Å²) in [6.07, 6.45) is 0.742. The molecule has 5 nitrogen and oxygen atoms in total. The van der Waals surface area contributed by atoms with E-state index in [0.29, 0.717) is 29.7 Å². The van der Waals surface area contributed by atoms with Crippen LogP contribution in [-0.4, -0.2) is 15.0 Å². The molecule has 0 aliphatic heterocycles. The van der Waals surface area contributed by atoms with Crippen molar-refractivity contribution >= 4 is 33.2 Å². The highest BCUT2D eigenvalue weighted by Crippen LogP contribution is 2.24. The third kappa shape index (κ3) is 6.72. The Bertz CT molecular complexity index is 1090. The van der Waals surface area contributed by atoms with Gasteiger partial charge in [0, 0.05) is 22.2 Å². The minimum absolute atomic E-state index is 0.112. The van der Waals surface area contributed by atoms with Gasteiger partial charge >= 0.3 is 0 Å². The van der Waals surface area contributed by atoms with E-state index < -0.39 is 10.0 Å². The summed E-state index contributed by atoms with van der Waals surface area (Å²) in [7, 11) is -3.67. The van der Waals surface area contributed by atoms with Crippen LogP contribution in [0.25, 0.3) is 0 Å². The Labute approximate surface area is 186 Å². The third-order valence-corrected chi connectivity index (χ3v) is 5.90. The highest BCUT2D eigenvalue weighted by Gasteiger charge is 2.08. The maximum Gasteiger partial charge on any atom is 0.238 e. The average molecular weight is 465 g/mol. The molecule has 0 atom stereocenters. The fraction of sp³-hybridized carbons (Fsp3) is 0.182. The lowest BCUT2D eigenvalue weighted by Crippen LogP contribution is -2.17. The number of rotatable bonds is 9. The van der Waals surface area contributed by atoms with Gasteiger partial charge in [0.1, 0.15) is 12.4 Å². The van der Waals surface area contributed by atoms with Gasteiger partial charge in [-0.25, -0.2) is 13.6 Å². The first-order valence-electron chi connectivity index (χ1n) is 9.29. The first-order valence-corrected chi connectivity index (χ1v) is 11.6. The van der Waals surface area contributed by atoms with Crippen LogP contribution in [0.1, 0.15) is 16.7 Å². The molecule has 30 heavy (non-hydrogen) atoms. The average Bonchev–Trinajstić information content (AvgIpc) is 2.71. The lowest BCUT2D eigenvalue weighted by Gasteiger charge is -2.13. The first-order chi connectivity index (χ1) is 14.3. The van der Waals surface area contributed by atoms with Crippen LogP contribution in [-0.2, 0) is 29.6 Å². The van der Waals surface area contributed by atoms with E-state index in [4.69, 9.17) is 33.1 Å². The van der Waals surface area contributed by atoms with Crippen molar-refractivity contribution in [3.63, 3.8) is 0 Å². The lowest BCUT2D eigenvalue weighted by molar-refractivity contribution is 0.302. The summed E-state index contributed by atoms with van der Waals surface area (Å²) in [6.45, 7) is 1.73. The quantitative estimate of drug-likeness (QED) is 0.455. The summed E-state index contributed by atoms with van der Waals surface area (Å²) in [4.78, 5) is 0.112. The van der Waals surface area contributed by atoms with E-state index in [1.165, 1.54) is 12.1 Å². The van der Waals surface area contributed by atoms with Crippen molar-refractivity contribution in [1.82, 2.24) is 5.32 Å². The number of hydrogen-bond acceptors (Lipinski definition) is 4. The molecule has 0 saturated heterocycles. The molecular weight excluding hydrogens is 443 g/mol. The van der Waals surface area contributed by atoms with Crippen molar-refractivity contribution in [2.45, 2.75) is 24.5 Å². The minimum atomic E-state index is -3.67. The molecule has 0 spiro atoms. The fourth-order valence-electron chi connectivity index (χ4n) is 2.87. The Morgan fingerprint density at radius 1 is 0.867 bits per heavy atom. The van der Waals surface area contributed by atoms with Crippen LogP contribution < -0.4 is 15.2 Å². The van der Waals surface area contributed by atoms with E-state index in [1.54, 1.807) is 18.2 Å². The molecule has 8 heteroatoms. The Hall–Kier alpha value is -2.09. The molecule has 0 aliphatic rings. The van der Waals surface area contributed by atoms with E-state index in [9.17, 15) is 8.42 Å². The number of halogens is 2. The normalized spacial score (nSPS) is 11.4. The van der Waals surface area contributed by atoms with Gasteiger partial charge in [-0.2, -0.15) is 0 Å². The maximum absolute atomic E-state index is 11.3. The van der Waals surface area contributed by atoms with Crippen LogP contribution in [0.2, 0.25) is 10.0 Å². The van der Waals surface area contributed by atoms with Crippen LogP contribution >= 0.6 is 23.2 Å². The van der Waals surface area contributed by atoms with Crippen LogP contribution in [0.4, 0.5) is 0 Å². The topological polar surface area (TPSA) is 81.4 Å². The van der Waals surface area contributed by atoms with E-state index in [0.717, 1.165) is 28.9 Å². The van der Waals surface area contributed by atoms with Crippen molar-refractivity contribution in [1.29, 1.82) is 0 Å². The second-order valence-electron chi connectivity index (χ2n) is 6.78. The second-order valence-corrected chi connectivity index (χ2v) is 9.22. The van der Waals surface area contributed by atoms with Gasteiger partial charge in [-0.15, -0.1) is 0 Å². The van der Waals surface area contributed by atoms with E-state index in [1.807, 2.05) is 36.4 Å². The molecule has 3 aromatic carbocycles. The number of nitrogens with two attached hydrogens (primary N) is 1. The summed E-state index contributed by atoms with van der Waals surface area (Å²) in [5, 5.41) is 9.82. The Morgan fingerprint density at radius 3 is 2.17 bits per heavy atom. The van der Waals surface area contributed by atoms with Crippen LogP contribution in [0.3, 0.4) is 0 Å². The molecule has 3 N–H and O–H groups in total. The molecule has 3 aromatic rings. The van der Waals surface area contributed by atoms with Crippen LogP contribution in [0.15, 0.2) is 71.6 Å². The molecule has 3 rings (SSSR count). The zero-order chi connectivity index (χ0) is 21.6. The van der Waals surface area contributed by atoms with E-state index in [-0.39, 0.29) is 4.90 Å². The monoisotopic (exact) mass is 464 g/mol. The van der Waals surface area contributed by atoms with Crippen molar-refractivity contribution in [3.8, 4) is 5.75 Å². The van der Waals surface area contributed by atoms with Crippen molar-refractivity contribution in [2.75, 3.05) is 6.54 Å². The smallest absolute Gasteiger partial charge is 0.238 e. The molecular formula is C22H22Cl2N2O3S. The largest absolute Gasteiger partial charge is 0.489 e. The molecule has 0 fully saturated rings. The first kappa shape index (κ1) is 22.6. The van der Waals surface area contributed by atoms with Gasteiger partial charge in [-0.1, -0.05) is 47.5 Å². The number of hydrogen-bond donors (Lipinski definition) is 2. The van der Waals surface area contributed by atoms with Gasteiger partial charge < -0.3 is 10.1 Å². The third-order valence-electron chi connectivity index (χ3n) is 4.49. The Kier molecular flexibility index (Phi) is 7.75. The Morgan fingerprint density at radius 2 is 1.50 bits per heavy atom. The van der Waals surface area contributed by atoms with Crippen molar-refractivity contribution in [3.05, 3.63) is 93.5 Å². The van der Waals surface area contributed by atoms with E-state index in [2.05, 4.69) is 5.32 Å². The van der Waals surface area contributed by atoms with Crippen LogP contribution in [0.5, 0.6) is 5.75 Å². The molecule has 0 unspecified atom stereocenters. The molecule has 0 aliphatic carbocycles. The molecule has 0 bridgehead atoms. The molecule has 0 heterocycles. The predicted octanol–water partition coefficient (Wildman–Crippen LogP) is 4.55. The molecule has 0 saturated carbocycles. The van der Waals surface area contributed by atoms with Gasteiger partial charge in [-0.3, -0.25) is 0 Å². The van der Waals surface area contributed by atoms with Gasteiger partial charge in [-0.05, 0) is 66.6 Å². The summed E-state index contributed by atoms with van der Waals surface area (Å²) in [6, 6.07) is 19.6. The number of ether oxygens (including phenoxy) is 1. The van der Waals surface area contributed by atoms with Crippen molar-refractivity contribution < 1.29 is 13.2 Å². The number of benzene rings is 3. The number of nitrogens with one attached hydrogen (secondary N) is 1. The lowest BCUT2D eigenvalue weighted by atomic mass is 10.1. The highest BCUT2D eigenvalue weighted by molar-refractivity contribution is 7.89. The second kappa shape index (κ2) is 10.3. The van der Waals surface area contributed by atoms with Gasteiger partial charge in [0.15, 0.2) is 0 Å². The zero-order valence-electron chi connectivity index (χ0n) is 16.1. The Balaban J connectivity index is 1.54. The number of sulfonamides is 1. The molecule has 0 amide bonds. The highest BCUT2D eigenvalue weighted by atomic mass is 35.5. The standard InChI is InChI=1S/C22H22Cl2N2O3S/c23-19-5-1-17(2-6-19)15-29-22-10-7-20(24)13-18(22)14-26-12-11-16-3-8-21(9-4-16)30(25,27)28/h1-10,13,26H,11-12,14-15H2,(H2,25,27,28). The maximum atomic E-state index is 11.3. The minimum Gasteiger partial charge on any atom is -0.489 e. The van der Waals surface area contributed by atoms with Crippen molar-refractivity contribution in [2.24, 2.45) is 5.14 Å². The fourth-order valence-corrected chi connectivity index (χ4v) is 3.71. The van der Waals surface area contributed by atoms with Crippen LogP contribution in [0, 0.1) is 0 Å². The number of primary sulfonamides is 1. The van der Waals surface area contributed by atoms with Gasteiger partial charge in [0.05, 0.1) is 4.90 Å². The summed E-state index contributed by atoms with van der Waals surface area (Å²) in [5.74, 6) is 0.763. The summed E-state index contributed by atoms with van der Waals surface area (Å²) in [5.41, 5.74) is 3.00. The summed E-state index contributed by atoms with van der Waals surface area (Å²) >= 11 is 12.1. The van der Waals surface area contributed by atoms with E-state index >= 15 is 0 Å². The van der Waals surface area contributed by atoms with Gasteiger partial charge in [0.25, 0.3) is 0 Å².